The molecule has 0 aliphatic carbocycles. The molecule has 1 atom stereocenters. The Morgan fingerprint density at radius 2 is 2.09 bits per heavy atom. The SMILES string of the molecule is Cn1ccc2ccc(-c3cnn(C4=CC(=O)NS4=O)c3)cc21. The maximum atomic E-state index is 11.8. The van der Waals surface area contributed by atoms with Crippen molar-refractivity contribution in [3.8, 4) is 11.1 Å². The molecule has 0 bridgehead atoms. The number of rotatable bonds is 2. The largest absolute Gasteiger partial charge is 0.351 e. The van der Waals surface area contributed by atoms with E-state index in [-0.39, 0.29) is 5.91 Å². The molecule has 1 aromatic carbocycles. The van der Waals surface area contributed by atoms with Crippen LogP contribution in [-0.2, 0) is 22.8 Å². The van der Waals surface area contributed by atoms with Crippen LogP contribution in [0.2, 0.25) is 0 Å². The van der Waals surface area contributed by atoms with Crippen molar-refractivity contribution >= 4 is 32.8 Å². The predicted molar refractivity (Wildman–Crippen MR) is 84.7 cm³/mol. The summed E-state index contributed by atoms with van der Waals surface area (Å²) in [5.41, 5.74) is 3.05. The molecule has 7 heteroatoms. The van der Waals surface area contributed by atoms with Gasteiger partial charge in [0.2, 0.25) is 0 Å². The smallest absolute Gasteiger partial charge is 0.258 e. The second-order valence-electron chi connectivity index (χ2n) is 5.09. The van der Waals surface area contributed by atoms with E-state index < -0.39 is 11.0 Å². The first-order valence-corrected chi connectivity index (χ1v) is 7.81. The Balaban J connectivity index is 1.77. The van der Waals surface area contributed by atoms with Crippen molar-refractivity contribution in [1.29, 1.82) is 0 Å². The monoisotopic (exact) mass is 312 g/mol. The summed E-state index contributed by atoms with van der Waals surface area (Å²) in [4.78, 5) is 11.2. The molecule has 0 saturated heterocycles. The summed E-state index contributed by atoms with van der Waals surface area (Å²) in [5, 5.41) is 5.72. The predicted octanol–water partition coefficient (Wildman–Crippen LogP) is 1.63. The molecule has 110 valence electrons. The summed E-state index contributed by atoms with van der Waals surface area (Å²) >= 11 is 0. The zero-order valence-electron chi connectivity index (χ0n) is 11.7. The van der Waals surface area contributed by atoms with E-state index in [1.165, 1.54) is 16.1 Å². The first kappa shape index (κ1) is 13.0. The van der Waals surface area contributed by atoms with Crippen LogP contribution in [0.5, 0.6) is 0 Å². The number of nitrogens with zero attached hydrogens (tertiary/aromatic N) is 3. The normalized spacial score (nSPS) is 17.8. The molecule has 0 spiro atoms. The minimum atomic E-state index is -1.55. The molecular formula is C15H12N4O2S. The highest BCUT2D eigenvalue weighted by molar-refractivity contribution is 7.93. The minimum absolute atomic E-state index is 0.344. The second kappa shape index (κ2) is 4.67. The number of benzene rings is 1. The van der Waals surface area contributed by atoms with Crippen molar-refractivity contribution in [2.45, 2.75) is 0 Å². The third-order valence-corrected chi connectivity index (χ3v) is 4.74. The van der Waals surface area contributed by atoms with E-state index in [9.17, 15) is 9.00 Å². The highest BCUT2D eigenvalue weighted by atomic mass is 32.2. The Labute approximate surface area is 128 Å². The van der Waals surface area contributed by atoms with Gasteiger partial charge >= 0.3 is 0 Å². The number of carbonyl (C=O) groups excluding carboxylic acids is 1. The molecule has 4 rings (SSSR count). The van der Waals surface area contributed by atoms with Crippen LogP contribution in [0.1, 0.15) is 0 Å². The Hall–Kier alpha value is -2.67. The van der Waals surface area contributed by atoms with Crippen LogP contribution in [0.4, 0.5) is 0 Å². The van der Waals surface area contributed by atoms with Gasteiger partial charge in [-0.05, 0) is 23.1 Å². The molecule has 1 unspecified atom stereocenters. The highest BCUT2D eigenvalue weighted by Crippen LogP contribution is 2.25. The molecule has 1 N–H and O–H groups in total. The average Bonchev–Trinajstić information content (AvgIpc) is 3.19. The lowest BCUT2D eigenvalue weighted by molar-refractivity contribution is -0.114. The van der Waals surface area contributed by atoms with Gasteiger partial charge in [0, 0.05) is 36.6 Å². The quantitative estimate of drug-likeness (QED) is 0.782. The van der Waals surface area contributed by atoms with Crippen LogP contribution in [0.3, 0.4) is 0 Å². The summed E-state index contributed by atoms with van der Waals surface area (Å²) in [5.74, 6) is -0.365. The molecule has 0 radical (unpaired) electrons. The van der Waals surface area contributed by atoms with Crippen molar-refractivity contribution in [3.63, 3.8) is 0 Å². The Kier molecular flexibility index (Phi) is 2.77. The zero-order chi connectivity index (χ0) is 15.3. The third kappa shape index (κ3) is 1.98. The highest BCUT2D eigenvalue weighted by Gasteiger charge is 2.22. The summed E-state index contributed by atoms with van der Waals surface area (Å²) in [6, 6.07) is 8.22. The fraction of sp³-hybridized carbons (Fsp3) is 0.0667. The van der Waals surface area contributed by atoms with Crippen LogP contribution in [0, 0.1) is 0 Å². The van der Waals surface area contributed by atoms with Crippen molar-refractivity contribution in [2.24, 2.45) is 7.05 Å². The van der Waals surface area contributed by atoms with Crippen molar-refractivity contribution < 1.29 is 9.00 Å². The number of aryl methyl sites for hydroxylation is 1. The van der Waals surface area contributed by atoms with Crippen LogP contribution in [-0.4, -0.2) is 24.5 Å². The molecule has 1 aliphatic heterocycles. The number of fused-ring (bicyclic) bond motifs is 1. The standard InChI is InChI=1S/C15H12N4O2S/c1-18-5-4-10-2-3-11(6-13(10)18)12-8-16-19(9-12)15-7-14(20)17-22(15)21/h2-9H,1H3,(H,17,20). The van der Waals surface area contributed by atoms with Gasteiger partial charge < -0.3 is 4.57 Å². The maximum Gasteiger partial charge on any atom is 0.258 e. The van der Waals surface area contributed by atoms with Gasteiger partial charge in [-0.3, -0.25) is 9.52 Å². The minimum Gasteiger partial charge on any atom is -0.351 e. The molecule has 1 aliphatic rings. The van der Waals surface area contributed by atoms with Gasteiger partial charge in [0.15, 0.2) is 16.0 Å². The fourth-order valence-electron chi connectivity index (χ4n) is 2.52. The van der Waals surface area contributed by atoms with Gasteiger partial charge in [0.05, 0.1) is 6.20 Å². The third-order valence-electron chi connectivity index (χ3n) is 3.67. The number of carbonyl (C=O) groups is 1. The molecule has 3 heterocycles. The summed E-state index contributed by atoms with van der Waals surface area (Å²) < 4.78 is 17.6. The first-order chi connectivity index (χ1) is 10.6. The van der Waals surface area contributed by atoms with Crippen molar-refractivity contribution in [2.75, 3.05) is 0 Å². The lowest BCUT2D eigenvalue weighted by Crippen LogP contribution is -2.17. The van der Waals surface area contributed by atoms with Gasteiger partial charge in [-0.1, -0.05) is 12.1 Å². The van der Waals surface area contributed by atoms with Crippen molar-refractivity contribution in [3.05, 3.63) is 48.9 Å². The molecule has 6 nitrogen and oxygen atoms in total. The van der Waals surface area contributed by atoms with E-state index in [2.05, 4.69) is 32.6 Å². The van der Waals surface area contributed by atoms with Crippen LogP contribution >= 0.6 is 0 Å². The molecule has 3 aromatic rings. The van der Waals surface area contributed by atoms with E-state index >= 15 is 0 Å². The molecule has 22 heavy (non-hydrogen) atoms. The van der Waals surface area contributed by atoms with E-state index in [0.717, 1.165) is 16.6 Å². The zero-order valence-corrected chi connectivity index (χ0v) is 12.5. The van der Waals surface area contributed by atoms with Gasteiger partial charge in [0.25, 0.3) is 5.91 Å². The number of amides is 1. The van der Waals surface area contributed by atoms with Gasteiger partial charge in [-0.25, -0.2) is 8.89 Å². The molecule has 2 aromatic heterocycles. The Morgan fingerprint density at radius 1 is 1.23 bits per heavy atom. The average molecular weight is 312 g/mol. The number of aromatic nitrogens is 3. The van der Waals surface area contributed by atoms with Crippen molar-refractivity contribution in [1.82, 2.24) is 19.1 Å². The summed E-state index contributed by atoms with van der Waals surface area (Å²) in [7, 11) is 0.453. The molecule has 0 saturated carbocycles. The number of hydrogen-bond acceptors (Lipinski definition) is 3. The lowest BCUT2D eigenvalue weighted by Gasteiger charge is -2.01. The summed E-state index contributed by atoms with van der Waals surface area (Å²) in [6.45, 7) is 0. The van der Waals surface area contributed by atoms with E-state index in [4.69, 9.17) is 0 Å². The summed E-state index contributed by atoms with van der Waals surface area (Å²) in [6.07, 6.45) is 6.79. The number of nitrogens with one attached hydrogen (secondary N) is 1. The van der Waals surface area contributed by atoms with E-state index in [1.54, 1.807) is 12.4 Å². The van der Waals surface area contributed by atoms with Crippen LogP contribution in [0.25, 0.3) is 27.1 Å². The topological polar surface area (TPSA) is 68.9 Å². The molecule has 1 amide bonds. The molecular weight excluding hydrogens is 300 g/mol. The van der Waals surface area contributed by atoms with Gasteiger partial charge in [-0.2, -0.15) is 5.10 Å². The first-order valence-electron chi connectivity index (χ1n) is 6.66. The van der Waals surface area contributed by atoms with Gasteiger partial charge in [0.1, 0.15) is 0 Å². The second-order valence-corrected chi connectivity index (χ2v) is 6.25. The molecule has 0 fully saturated rings. The van der Waals surface area contributed by atoms with Gasteiger partial charge in [-0.15, -0.1) is 0 Å². The Morgan fingerprint density at radius 3 is 2.86 bits per heavy atom. The van der Waals surface area contributed by atoms with Crippen LogP contribution < -0.4 is 4.72 Å². The van der Waals surface area contributed by atoms with Crippen LogP contribution in [0.15, 0.2) is 48.9 Å². The maximum absolute atomic E-state index is 11.8. The Bertz CT molecular complexity index is 967. The fourth-order valence-corrected chi connectivity index (χ4v) is 3.35. The van der Waals surface area contributed by atoms with E-state index in [1.807, 2.05) is 19.3 Å². The van der Waals surface area contributed by atoms with E-state index in [0.29, 0.717) is 5.03 Å². The number of hydrogen-bond donors (Lipinski definition) is 1. The lowest BCUT2D eigenvalue weighted by atomic mass is 10.1.